The molecular formula is C31H31N3O4. The molecule has 0 spiro atoms. The number of phenolic OH excluding ortho intramolecular Hbond substituents is 1. The summed E-state index contributed by atoms with van der Waals surface area (Å²) in [4.78, 5) is 25.2. The van der Waals surface area contributed by atoms with E-state index < -0.39 is 0 Å². The van der Waals surface area contributed by atoms with Gasteiger partial charge < -0.3 is 19.5 Å². The fraction of sp³-hybridized carbons (Fsp3) is 0.258. The fourth-order valence-electron chi connectivity index (χ4n) is 4.89. The molecule has 38 heavy (non-hydrogen) atoms. The Balaban J connectivity index is 1.50. The molecule has 5 rings (SSSR count). The number of aryl methyl sites for hydroxylation is 2. The van der Waals surface area contributed by atoms with Crippen LogP contribution in [0.5, 0.6) is 17.2 Å². The molecule has 0 aliphatic carbocycles. The zero-order valence-electron chi connectivity index (χ0n) is 21.8. The number of fused-ring (bicyclic) bond motifs is 1. The summed E-state index contributed by atoms with van der Waals surface area (Å²) < 4.78 is 11.8. The molecule has 1 aliphatic rings. The summed E-state index contributed by atoms with van der Waals surface area (Å²) in [6, 6.07) is 20.8. The molecule has 1 unspecified atom stereocenters. The maximum atomic E-state index is 14.1. The van der Waals surface area contributed by atoms with E-state index in [1.54, 1.807) is 25.4 Å². The van der Waals surface area contributed by atoms with Crippen molar-refractivity contribution < 1.29 is 19.4 Å². The number of nitrogens with zero attached hydrogens (tertiary/aromatic N) is 3. The van der Waals surface area contributed by atoms with Crippen molar-refractivity contribution in [2.24, 2.45) is 0 Å². The molecule has 7 nitrogen and oxygen atoms in total. The number of rotatable bonds is 6. The predicted molar refractivity (Wildman–Crippen MR) is 145 cm³/mol. The molecule has 1 N–H and O–H groups in total. The van der Waals surface area contributed by atoms with Crippen molar-refractivity contribution in [1.29, 1.82) is 0 Å². The van der Waals surface area contributed by atoms with Crippen molar-refractivity contribution in [2.75, 3.05) is 20.3 Å². The summed E-state index contributed by atoms with van der Waals surface area (Å²) in [5.41, 5.74) is 6.09. The van der Waals surface area contributed by atoms with Crippen LogP contribution in [0.1, 0.15) is 34.0 Å². The lowest BCUT2D eigenvalue weighted by atomic mass is 9.90. The molecule has 0 bridgehead atoms. The van der Waals surface area contributed by atoms with Gasteiger partial charge in [-0.25, -0.2) is 4.98 Å². The number of ether oxygens (including phenoxy) is 2. The standard InChI is InChI=1S/C31H31N3O4/c1-20-18-32-21(2)29(33-20)24-16-25-19-34(13-14-38-30(25)28(17-24)37-3)31(36)27(23-7-5-4-6-8-23)15-22-9-11-26(35)12-10-22/h4-12,16-18,27,35H,13-15,19H2,1-3H3. The van der Waals surface area contributed by atoms with Crippen molar-refractivity contribution >= 4 is 5.91 Å². The predicted octanol–water partition coefficient (Wildman–Crippen LogP) is 5.22. The Morgan fingerprint density at radius 3 is 2.61 bits per heavy atom. The van der Waals surface area contributed by atoms with Crippen LogP contribution in [0.3, 0.4) is 0 Å². The van der Waals surface area contributed by atoms with Gasteiger partial charge in [0, 0.05) is 23.9 Å². The Morgan fingerprint density at radius 1 is 1.11 bits per heavy atom. The molecule has 1 atom stereocenters. The lowest BCUT2D eigenvalue weighted by Crippen LogP contribution is -2.37. The second-order valence-electron chi connectivity index (χ2n) is 9.55. The molecule has 0 saturated heterocycles. The summed E-state index contributed by atoms with van der Waals surface area (Å²) in [5.74, 6) is 1.11. The average molecular weight is 510 g/mol. The molecular weight excluding hydrogens is 478 g/mol. The number of phenols is 1. The Morgan fingerprint density at radius 2 is 1.87 bits per heavy atom. The number of carbonyl (C=O) groups excluding carboxylic acids is 1. The normalized spacial score (nSPS) is 13.7. The van der Waals surface area contributed by atoms with E-state index in [9.17, 15) is 9.90 Å². The smallest absolute Gasteiger partial charge is 0.230 e. The Kier molecular flexibility index (Phi) is 7.26. The van der Waals surface area contributed by atoms with E-state index in [2.05, 4.69) is 4.98 Å². The SMILES string of the molecule is COc1cc(-c2nc(C)cnc2C)cc2c1OCCN(C(=O)C(Cc1ccc(O)cc1)c1ccccc1)C2. The molecule has 0 radical (unpaired) electrons. The van der Waals surface area contributed by atoms with E-state index in [1.807, 2.05) is 73.3 Å². The first kappa shape index (κ1) is 25.3. The van der Waals surface area contributed by atoms with Crippen molar-refractivity contribution in [3.05, 3.63) is 101 Å². The first-order valence-corrected chi connectivity index (χ1v) is 12.7. The van der Waals surface area contributed by atoms with Crippen molar-refractivity contribution in [1.82, 2.24) is 14.9 Å². The molecule has 194 valence electrons. The van der Waals surface area contributed by atoms with Crippen LogP contribution >= 0.6 is 0 Å². The minimum Gasteiger partial charge on any atom is -0.508 e. The van der Waals surface area contributed by atoms with E-state index in [0.717, 1.165) is 39.3 Å². The van der Waals surface area contributed by atoms with Crippen LogP contribution in [0.2, 0.25) is 0 Å². The third kappa shape index (κ3) is 5.32. The summed E-state index contributed by atoms with van der Waals surface area (Å²) in [7, 11) is 1.62. The van der Waals surface area contributed by atoms with Crippen LogP contribution < -0.4 is 9.47 Å². The monoisotopic (exact) mass is 509 g/mol. The molecule has 4 aromatic rings. The lowest BCUT2D eigenvalue weighted by Gasteiger charge is -2.26. The number of methoxy groups -OCH3 is 1. The Hall–Kier alpha value is -4.39. The third-order valence-electron chi connectivity index (χ3n) is 6.86. The largest absolute Gasteiger partial charge is 0.508 e. The van der Waals surface area contributed by atoms with Gasteiger partial charge in [0.25, 0.3) is 0 Å². The first-order valence-electron chi connectivity index (χ1n) is 12.7. The number of amides is 1. The van der Waals surface area contributed by atoms with Gasteiger partial charge in [-0.15, -0.1) is 0 Å². The highest BCUT2D eigenvalue weighted by Gasteiger charge is 2.30. The molecule has 0 saturated carbocycles. The van der Waals surface area contributed by atoms with Crippen molar-refractivity contribution in [3.63, 3.8) is 0 Å². The lowest BCUT2D eigenvalue weighted by molar-refractivity contribution is -0.133. The van der Waals surface area contributed by atoms with Gasteiger partial charge in [0.05, 0.1) is 36.7 Å². The van der Waals surface area contributed by atoms with Crippen LogP contribution in [0, 0.1) is 13.8 Å². The van der Waals surface area contributed by atoms with E-state index in [0.29, 0.717) is 37.6 Å². The average Bonchev–Trinajstić information content (AvgIpc) is 3.16. The van der Waals surface area contributed by atoms with E-state index in [-0.39, 0.29) is 17.6 Å². The summed E-state index contributed by atoms with van der Waals surface area (Å²) in [6.45, 7) is 5.04. The Bertz CT molecular complexity index is 1440. The zero-order valence-corrected chi connectivity index (χ0v) is 21.8. The highest BCUT2D eigenvalue weighted by molar-refractivity contribution is 5.84. The van der Waals surface area contributed by atoms with Gasteiger partial charge in [-0.05, 0) is 55.7 Å². The number of aromatic nitrogens is 2. The molecule has 1 amide bonds. The van der Waals surface area contributed by atoms with Gasteiger partial charge in [0.1, 0.15) is 12.4 Å². The maximum Gasteiger partial charge on any atom is 0.230 e. The number of hydrogen-bond donors (Lipinski definition) is 1. The number of benzene rings is 3. The molecule has 3 aromatic carbocycles. The van der Waals surface area contributed by atoms with Gasteiger partial charge in [0.15, 0.2) is 11.5 Å². The van der Waals surface area contributed by atoms with Gasteiger partial charge in [0.2, 0.25) is 5.91 Å². The van der Waals surface area contributed by atoms with Gasteiger partial charge in [-0.3, -0.25) is 9.78 Å². The molecule has 1 aromatic heterocycles. The van der Waals surface area contributed by atoms with E-state index in [4.69, 9.17) is 14.5 Å². The summed E-state index contributed by atoms with van der Waals surface area (Å²) in [6.07, 6.45) is 2.27. The first-order chi connectivity index (χ1) is 18.4. The van der Waals surface area contributed by atoms with Crippen molar-refractivity contribution in [3.8, 4) is 28.5 Å². The highest BCUT2D eigenvalue weighted by atomic mass is 16.5. The van der Waals surface area contributed by atoms with E-state index in [1.165, 1.54) is 0 Å². The van der Waals surface area contributed by atoms with Gasteiger partial charge >= 0.3 is 0 Å². The van der Waals surface area contributed by atoms with Crippen LogP contribution in [0.15, 0.2) is 72.9 Å². The molecule has 7 heteroatoms. The molecule has 2 heterocycles. The number of carbonyl (C=O) groups is 1. The number of aromatic hydroxyl groups is 1. The van der Waals surface area contributed by atoms with Crippen molar-refractivity contribution in [2.45, 2.75) is 32.7 Å². The second kappa shape index (κ2) is 10.9. The Labute approximate surface area is 222 Å². The van der Waals surface area contributed by atoms with Crippen LogP contribution in [-0.4, -0.2) is 46.1 Å². The van der Waals surface area contributed by atoms with Crippen LogP contribution in [-0.2, 0) is 17.8 Å². The van der Waals surface area contributed by atoms with Gasteiger partial charge in [-0.1, -0.05) is 42.5 Å². The molecule has 1 aliphatic heterocycles. The summed E-state index contributed by atoms with van der Waals surface area (Å²) >= 11 is 0. The van der Waals surface area contributed by atoms with Crippen LogP contribution in [0.25, 0.3) is 11.3 Å². The maximum absolute atomic E-state index is 14.1. The van der Waals surface area contributed by atoms with Gasteiger partial charge in [-0.2, -0.15) is 0 Å². The quantitative estimate of drug-likeness (QED) is 0.384. The summed E-state index contributed by atoms with van der Waals surface area (Å²) in [5, 5.41) is 9.72. The fourth-order valence-corrected chi connectivity index (χ4v) is 4.89. The third-order valence-corrected chi connectivity index (χ3v) is 6.86. The van der Waals surface area contributed by atoms with Crippen LogP contribution in [0.4, 0.5) is 0 Å². The van der Waals surface area contributed by atoms with E-state index >= 15 is 0 Å². The minimum atomic E-state index is -0.378. The zero-order chi connectivity index (χ0) is 26.6. The minimum absolute atomic E-state index is 0.0247. The topological polar surface area (TPSA) is 84.8 Å². The second-order valence-corrected chi connectivity index (χ2v) is 9.55. The highest BCUT2D eigenvalue weighted by Crippen LogP contribution is 2.39. The molecule has 0 fully saturated rings. The number of hydrogen-bond acceptors (Lipinski definition) is 6.